The number of rotatable bonds is 4. The second kappa shape index (κ2) is 7.14. The number of imide groups is 1. The second-order valence-corrected chi connectivity index (χ2v) is 7.13. The summed E-state index contributed by atoms with van der Waals surface area (Å²) in [6, 6.07) is 14.4. The molecule has 0 spiro atoms. The third kappa shape index (κ3) is 2.85. The predicted octanol–water partition coefficient (Wildman–Crippen LogP) is 2.11. The van der Waals surface area contributed by atoms with E-state index in [0.717, 1.165) is 4.90 Å². The molecule has 0 aliphatic carbocycles. The van der Waals surface area contributed by atoms with Gasteiger partial charge in [0.2, 0.25) is 5.91 Å². The number of carbonyl (C=O) groups is 3. The van der Waals surface area contributed by atoms with E-state index in [1.165, 1.54) is 11.6 Å². The van der Waals surface area contributed by atoms with E-state index in [4.69, 9.17) is 0 Å². The predicted molar refractivity (Wildman–Crippen MR) is 111 cm³/mol. The first-order valence-corrected chi connectivity index (χ1v) is 9.44. The Balaban J connectivity index is 1.63. The topological polar surface area (TPSA) is 93.4 Å². The molecule has 2 aromatic carbocycles. The molecule has 3 amide bonds. The third-order valence-corrected chi connectivity index (χ3v) is 5.39. The summed E-state index contributed by atoms with van der Waals surface area (Å²) in [7, 11) is 1.72. The minimum atomic E-state index is -1.08. The molecule has 30 heavy (non-hydrogen) atoms. The molecule has 0 unspecified atom stereocenters. The fourth-order valence-corrected chi connectivity index (χ4v) is 3.62. The molecule has 0 saturated carbocycles. The first-order chi connectivity index (χ1) is 14.3. The summed E-state index contributed by atoms with van der Waals surface area (Å²) in [5, 5.41) is 2.61. The van der Waals surface area contributed by atoms with Crippen LogP contribution in [-0.2, 0) is 11.8 Å². The molecule has 0 radical (unpaired) electrons. The highest BCUT2D eigenvalue weighted by Crippen LogP contribution is 2.25. The van der Waals surface area contributed by atoms with E-state index >= 15 is 0 Å². The molecule has 152 valence electrons. The summed E-state index contributed by atoms with van der Waals surface area (Å²) >= 11 is 0. The SMILES string of the molecule is Cc1c(NC(=O)[C@@H](C)N2C(=O)c3ccccc3C2=O)c(=O)n(-c2ccccc2)n1C. The van der Waals surface area contributed by atoms with Crippen LogP contribution in [0, 0.1) is 6.92 Å². The summed E-state index contributed by atoms with van der Waals surface area (Å²) in [5.74, 6) is -1.66. The number of para-hydroxylation sites is 1. The highest BCUT2D eigenvalue weighted by molar-refractivity contribution is 6.23. The van der Waals surface area contributed by atoms with Crippen LogP contribution in [0.3, 0.4) is 0 Å². The minimum absolute atomic E-state index is 0.106. The van der Waals surface area contributed by atoms with Gasteiger partial charge in [0.25, 0.3) is 17.4 Å². The number of nitrogens with one attached hydrogen (secondary N) is 1. The zero-order valence-corrected chi connectivity index (χ0v) is 16.7. The van der Waals surface area contributed by atoms with Gasteiger partial charge in [-0.3, -0.25) is 28.8 Å². The van der Waals surface area contributed by atoms with Crippen LogP contribution >= 0.6 is 0 Å². The smallest absolute Gasteiger partial charge is 0.295 e. The maximum atomic E-state index is 13.0. The lowest BCUT2D eigenvalue weighted by Crippen LogP contribution is -2.45. The van der Waals surface area contributed by atoms with E-state index in [-0.39, 0.29) is 16.8 Å². The van der Waals surface area contributed by atoms with Gasteiger partial charge in [0.05, 0.1) is 22.5 Å². The van der Waals surface area contributed by atoms with Crippen LogP contribution in [0.25, 0.3) is 5.69 Å². The van der Waals surface area contributed by atoms with E-state index in [9.17, 15) is 19.2 Å². The number of aromatic nitrogens is 2. The van der Waals surface area contributed by atoms with Crippen LogP contribution in [-0.4, -0.2) is 38.0 Å². The summed E-state index contributed by atoms with van der Waals surface area (Å²) < 4.78 is 3.08. The number of anilines is 1. The van der Waals surface area contributed by atoms with Gasteiger partial charge in [-0.2, -0.15) is 0 Å². The number of hydrogen-bond acceptors (Lipinski definition) is 4. The van der Waals surface area contributed by atoms with Gasteiger partial charge in [-0.1, -0.05) is 30.3 Å². The number of benzene rings is 2. The van der Waals surface area contributed by atoms with Crippen molar-refractivity contribution in [3.05, 3.63) is 81.8 Å². The molecule has 4 rings (SSSR count). The molecule has 1 aliphatic rings. The molecular formula is C22H20N4O4. The Morgan fingerprint density at radius 3 is 2.00 bits per heavy atom. The maximum absolute atomic E-state index is 13.0. The van der Waals surface area contributed by atoms with Crippen LogP contribution < -0.4 is 10.9 Å². The Kier molecular flexibility index (Phi) is 4.62. The van der Waals surface area contributed by atoms with Crippen molar-refractivity contribution in [2.45, 2.75) is 19.9 Å². The van der Waals surface area contributed by atoms with Gasteiger partial charge in [-0.15, -0.1) is 0 Å². The molecule has 1 aromatic heterocycles. The fraction of sp³-hybridized carbons (Fsp3) is 0.182. The molecule has 8 heteroatoms. The van der Waals surface area contributed by atoms with Gasteiger partial charge < -0.3 is 5.32 Å². The second-order valence-electron chi connectivity index (χ2n) is 7.13. The number of nitrogens with zero attached hydrogens (tertiary/aromatic N) is 3. The molecule has 0 bridgehead atoms. The number of hydrogen-bond donors (Lipinski definition) is 1. The monoisotopic (exact) mass is 404 g/mol. The zero-order valence-electron chi connectivity index (χ0n) is 16.7. The Morgan fingerprint density at radius 1 is 0.900 bits per heavy atom. The molecular weight excluding hydrogens is 384 g/mol. The van der Waals surface area contributed by atoms with E-state index in [1.54, 1.807) is 55.1 Å². The van der Waals surface area contributed by atoms with Crippen LogP contribution in [0.1, 0.15) is 33.3 Å². The molecule has 8 nitrogen and oxygen atoms in total. The summed E-state index contributed by atoms with van der Waals surface area (Å²) in [6.07, 6.45) is 0. The van der Waals surface area contributed by atoms with Crippen LogP contribution in [0.15, 0.2) is 59.4 Å². The van der Waals surface area contributed by atoms with Gasteiger partial charge in [0.15, 0.2) is 0 Å². The van der Waals surface area contributed by atoms with Crippen molar-refractivity contribution in [1.29, 1.82) is 0 Å². The Labute approximate surface area is 172 Å². The average molecular weight is 404 g/mol. The number of fused-ring (bicyclic) bond motifs is 1. The highest BCUT2D eigenvalue weighted by atomic mass is 16.2. The van der Waals surface area contributed by atoms with E-state index < -0.39 is 29.3 Å². The van der Waals surface area contributed by atoms with Crippen molar-refractivity contribution in [2.24, 2.45) is 7.05 Å². The van der Waals surface area contributed by atoms with Crippen LogP contribution in [0.4, 0.5) is 5.69 Å². The largest absolute Gasteiger partial charge is 0.318 e. The normalized spacial score (nSPS) is 14.0. The number of amides is 3. The Hall–Kier alpha value is -3.94. The summed E-state index contributed by atoms with van der Waals surface area (Å²) in [4.78, 5) is 52.1. The van der Waals surface area contributed by atoms with Crippen molar-refractivity contribution in [3.63, 3.8) is 0 Å². The van der Waals surface area contributed by atoms with E-state index in [2.05, 4.69) is 5.32 Å². The lowest BCUT2D eigenvalue weighted by Gasteiger charge is -2.21. The molecule has 2 heterocycles. The molecule has 0 fully saturated rings. The zero-order chi connectivity index (χ0) is 21.6. The van der Waals surface area contributed by atoms with Gasteiger partial charge in [-0.05, 0) is 38.1 Å². The minimum Gasteiger partial charge on any atom is -0.318 e. The van der Waals surface area contributed by atoms with Crippen molar-refractivity contribution in [2.75, 3.05) is 5.32 Å². The summed E-state index contributed by atoms with van der Waals surface area (Å²) in [5.41, 5.74) is 1.45. The Bertz CT molecular complexity index is 1200. The first kappa shape index (κ1) is 19.4. The van der Waals surface area contributed by atoms with Gasteiger partial charge in [-0.25, -0.2) is 4.68 Å². The molecule has 1 N–H and O–H groups in total. The molecule has 1 atom stereocenters. The van der Waals surface area contributed by atoms with Crippen LogP contribution in [0.5, 0.6) is 0 Å². The van der Waals surface area contributed by atoms with Crippen molar-refractivity contribution >= 4 is 23.4 Å². The third-order valence-electron chi connectivity index (χ3n) is 5.39. The summed E-state index contributed by atoms with van der Waals surface area (Å²) in [6.45, 7) is 3.17. The van der Waals surface area contributed by atoms with Gasteiger partial charge in [0, 0.05) is 7.05 Å². The first-order valence-electron chi connectivity index (χ1n) is 9.44. The van der Waals surface area contributed by atoms with E-state index in [1.807, 2.05) is 18.2 Å². The fourth-order valence-electron chi connectivity index (χ4n) is 3.62. The molecule has 3 aromatic rings. The standard InChI is InChI=1S/C22H20N4O4/c1-13-18(22(30)26(24(13)3)15-9-5-4-6-10-15)23-19(27)14(2)25-20(28)16-11-7-8-12-17(16)21(25)29/h4-12,14H,1-3H3,(H,23,27)/t14-/m1/s1. The van der Waals surface area contributed by atoms with Gasteiger partial charge >= 0.3 is 0 Å². The maximum Gasteiger partial charge on any atom is 0.295 e. The lowest BCUT2D eigenvalue weighted by atomic mass is 10.1. The lowest BCUT2D eigenvalue weighted by molar-refractivity contribution is -0.119. The van der Waals surface area contributed by atoms with Crippen molar-refractivity contribution < 1.29 is 14.4 Å². The van der Waals surface area contributed by atoms with Crippen LogP contribution in [0.2, 0.25) is 0 Å². The van der Waals surface area contributed by atoms with Crippen molar-refractivity contribution in [1.82, 2.24) is 14.3 Å². The van der Waals surface area contributed by atoms with Crippen molar-refractivity contribution in [3.8, 4) is 5.69 Å². The van der Waals surface area contributed by atoms with Gasteiger partial charge in [0.1, 0.15) is 11.7 Å². The number of carbonyl (C=O) groups excluding carboxylic acids is 3. The van der Waals surface area contributed by atoms with E-state index in [0.29, 0.717) is 11.4 Å². The Morgan fingerprint density at radius 2 is 1.43 bits per heavy atom. The average Bonchev–Trinajstić information content (AvgIpc) is 3.13. The highest BCUT2D eigenvalue weighted by Gasteiger charge is 2.40. The molecule has 1 aliphatic heterocycles. The quantitative estimate of drug-likeness (QED) is 0.674. The molecule has 0 saturated heterocycles.